The molecule has 5 aromatic carbocycles. The number of hydrogen-bond acceptors (Lipinski definition) is 4. The van der Waals surface area contributed by atoms with E-state index in [0.717, 1.165) is 28.3 Å². The van der Waals surface area contributed by atoms with Crippen LogP contribution in [0.25, 0.3) is 22.6 Å². The molecule has 246 valence electrons. The predicted octanol–water partition coefficient (Wildman–Crippen LogP) is 10.8. The molecule has 0 bridgehead atoms. The van der Waals surface area contributed by atoms with Gasteiger partial charge in [-0.1, -0.05) is 82.3 Å². The number of imidazole rings is 2. The summed E-state index contributed by atoms with van der Waals surface area (Å²) in [7, 11) is 0. The molecule has 0 aliphatic heterocycles. The summed E-state index contributed by atoms with van der Waals surface area (Å²) in [6, 6.07) is 47.8. The molecule has 0 saturated heterocycles. The number of benzene rings is 5. The first kappa shape index (κ1) is 33.7. The Morgan fingerprint density at radius 3 is 2.06 bits per heavy atom. The third-order valence-electron chi connectivity index (χ3n) is 8.30. The molecular formula is C42H37N5OPt. The zero-order chi connectivity index (χ0) is 33.0. The number of anilines is 3. The van der Waals surface area contributed by atoms with Crippen molar-refractivity contribution in [2.45, 2.75) is 39.5 Å². The number of nitrogens with zero attached hydrogens (tertiary/aromatic N) is 5. The molecule has 6 nitrogen and oxygen atoms in total. The minimum Gasteiger partial charge on any atom is -0.452 e. The fraction of sp³-hybridized carbons (Fsp3) is 0.143. The van der Waals surface area contributed by atoms with Gasteiger partial charge in [0.25, 0.3) is 0 Å². The summed E-state index contributed by atoms with van der Waals surface area (Å²) in [5.74, 6) is 2.02. The molecule has 0 spiro atoms. The Kier molecular flexibility index (Phi) is 10.3. The van der Waals surface area contributed by atoms with Crippen molar-refractivity contribution in [2.75, 3.05) is 4.90 Å². The Morgan fingerprint density at radius 2 is 1.39 bits per heavy atom. The van der Waals surface area contributed by atoms with E-state index in [1.54, 1.807) is 0 Å². The molecule has 0 unspecified atom stereocenters. The second-order valence-electron chi connectivity index (χ2n) is 12.3. The van der Waals surface area contributed by atoms with E-state index in [1.807, 2.05) is 102 Å². The Morgan fingerprint density at radius 1 is 0.714 bits per heavy atom. The quantitative estimate of drug-likeness (QED) is 0.129. The zero-order valence-corrected chi connectivity index (χ0v) is 30.2. The van der Waals surface area contributed by atoms with Gasteiger partial charge in [0.1, 0.15) is 0 Å². The number of rotatable bonds is 10. The minimum absolute atomic E-state index is 0. The van der Waals surface area contributed by atoms with E-state index in [4.69, 9.17) is 14.7 Å². The van der Waals surface area contributed by atoms with Gasteiger partial charge in [0.05, 0.1) is 23.9 Å². The van der Waals surface area contributed by atoms with E-state index in [0.29, 0.717) is 29.4 Å². The van der Waals surface area contributed by atoms with Gasteiger partial charge < -0.3 is 14.2 Å². The first-order valence-corrected chi connectivity index (χ1v) is 16.3. The minimum atomic E-state index is 0. The SMILES string of the molecule is CC(C)c1cccc(C(C)C)c1-n1cnc(-c2[c-]c(N(c3ccccc3)c3cn(-c4ccccc4)c(Oc4[c-]cccc4)n3)ccc2)c1.[Pt+2]. The van der Waals surface area contributed by atoms with Crippen molar-refractivity contribution in [2.24, 2.45) is 0 Å². The summed E-state index contributed by atoms with van der Waals surface area (Å²) in [5.41, 5.74) is 8.25. The van der Waals surface area contributed by atoms with Crippen LogP contribution in [0.4, 0.5) is 17.2 Å². The smallest absolute Gasteiger partial charge is 0.452 e. The van der Waals surface area contributed by atoms with Crippen LogP contribution in [0.1, 0.15) is 50.7 Å². The number of para-hydroxylation sites is 4. The van der Waals surface area contributed by atoms with Crippen molar-refractivity contribution in [3.8, 4) is 34.4 Å². The number of aromatic nitrogens is 4. The summed E-state index contributed by atoms with van der Waals surface area (Å²) < 4.78 is 10.4. The van der Waals surface area contributed by atoms with Crippen molar-refractivity contribution in [3.05, 3.63) is 163 Å². The third-order valence-corrected chi connectivity index (χ3v) is 8.30. The van der Waals surface area contributed by atoms with Crippen molar-refractivity contribution >= 4 is 17.2 Å². The first-order valence-electron chi connectivity index (χ1n) is 16.3. The molecule has 0 aliphatic rings. The Bertz CT molecular complexity index is 2100. The van der Waals surface area contributed by atoms with Crippen LogP contribution in [0, 0.1) is 12.1 Å². The van der Waals surface area contributed by atoms with Crippen molar-refractivity contribution < 1.29 is 25.8 Å². The third kappa shape index (κ3) is 7.16. The molecule has 7 heteroatoms. The fourth-order valence-electron chi connectivity index (χ4n) is 5.95. The fourth-order valence-corrected chi connectivity index (χ4v) is 5.95. The zero-order valence-electron chi connectivity index (χ0n) is 27.9. The van der Waals surface area contributed by atoms with Gasteiger partial charge in [-0.2, -0.15) is 23.2 Å². The molecule has 0 aliphatic carbocycles. The second-order valence-corrected chi connectivity index (χ2v) is 12.3. The normalized spacial score (nSPS) is 11.1. The van der Waals surface area contributed by atoms with E-state index in [9.17, 15) is 0 Å². The van der Waals surface area contributed by atoms with E-state index in [-0.39, 0.29) is 21.1 Å². The predicted molar refractivity (Wildman–Crippen MR) is 193 cm³/mol. The summed E-state index contributed by atoms with van der Waals surface area (Å²) in [6.45, 7) is 8.96. The largest absolute Gasteiger partial charge is 2.00 e. The van der Waals surface area contributed by atoms with Crippen LogP contribution < -0.4 is 9.64 Å². The van der Waals surface area contributed by atoms with Crippen LogP contribution in [0.2, 0.25) is 0 Å². The first-order chi connectivity index (χ1) is 23.5. The van der Waals surface area contributed by atoms with Crippen LogP contribution >= 0.6 is 0 Å². The van der Waals surface area contributed by atoms with Gasteiger partial charge in [-0.05, 0) is 59.1 Å². The van der Waals surface area contributed by atoms with Crippen molar-refractivity contribution in [1.29, 1.82) is 0 Å². The van der Waals surface area contributed by atoms with E-state index in [2.05, 4.69) is 91.9 Å². The van der Waals surface area contributed by atoms with Crippen LogP contribution in [-0.2, 0) is 21.1 Å². The molecule has 0 fully saturated rings. The maximum Gasteiger partial charge on any atom is 2.00 e. The summed E-state index contributed by atoms with van der Waals surface area (Å²) >= 11 is 0. The number of hydrogen-bond donors (Lipinski definition) is 0. The molecule has 0 radical (unpaired) electrons. The molecule has 0 N–H and O–H groups in total. The molecule has 0 saturated carbocycles. The summed E-state index contributed by atoms with van der Waals surface area (Å²) in [4.78, 5) is 12.0. The molecule has 7 aromatic rings. The standard InChI is InChI=1S/C42H37N5O.Pt/c1-30(2)37-24-15-25-38(31(3)4)41(37)45-27-39(43-29-45)32-16-14-21-35(26-32)47(34-19-10-6-11-20-34)40-28-46(33-17-8-5-9-18-33)42(44-40)48-36-22-12-7-13-23-36;/h5-22,24-25,27-31H,1-4H3;/q-2;+2. The van der Waals surface area contributed by atoms with Crippen LogP contribution in [0.15, 0.2) is 140 Å². The van der Waals surface area contributed by atoms with Gasteiger partial charge in [0.15, 0.2) is 5.82 Å². The molecule has 0 amide bonds. The Hall–Kier alpha value is -5.19. The molecule has 2 aromatic heterocycles. The van der Waals surface area contributed by atoms with E-state index < -0.39 is 0 Å². The maximum absolute atomic E-state index is 6.30. The van der Waals surface area contributed by atoms with Crippen LogP contribution in [0.5, 0.6) is 11.8 Å². The molecule has 0 atom stereocenters. The molecule has 49 heavy (non-hydrogen) atoms. The average Bonchev–Trinajstić information content (AvgIpc) is 3.78. The second kappa shape index (κ2) is 14.9. The van der Waals surface area contributed by atoms with Gasteiger partial charge in [-0.15, -0.1) is 42.0 Å². The Labute approximate surface area is 303 Å². The molecule has 2 heterocycles. The molecular weight excluding hydrogens is 786 g/mol. The number of ether oxygens (including phenoxy) is 1. The van der Waals surface area contributed by atoms with Crippen molar-refractivity contribution in [1.82, 2.24) is 19.1 Å². The van der Waals surface area contributed by atoms with Crippen LogP contribution in [0.3, 0.4) is 0 Å². The van der Waals surface area contributed by atoms with Gasteiger partial charge in [-0.3, -0.25) is 9.55 Å². The van der Waals surface area contributed by atoms with E-state index >= 15 is 0 Å². The topological polar surface area (TPSA) is 48.1 Å². The van der Waals surface area contributed by atoms with Gasteiger partial charge in [0, 0.05) is 17.1 Å². The maximum atomic E-state index is 6.30. The monoisotopic (exact) mass is 822 g/mol. The molecule has 7 rings (SSSR count). The van der Waals surface area contributed by atoms with Gasteiger partial charge in [-0.25, -0.2) is 0 Å². The van der Waals surface area contributed by atoms with Crippen molar-refractivity contribution in [3.63, 3.8) is 0 Å². The van der Waals surface area contributed by atoms with Gasteiger partial charge in [0.2, 0.25) is 0 Å². The summed E-state index contributed by atoms with van der Waals surface area (Å²) in [6.07, 6.45) is 6.03. The van der Waals surface area contributed by atoms with Gasteiger partial charge >= 0.3 is 27.1 Å². The average molecular weight is 823 g/mol. The van der Waals surface area contributed by atoms with E-state index in [1.165, 1.54) is 16.8 Å². The Balaban J connectivity index is 0.00000417. The van der Waals surface area contributed by atoms with Crippen LogP contribution in [-0.4, -0.2) is 19.1 Å². The summed E-state index contributed by atoms with van der Waals surface area (Å²) in [5, 5.41) is 0.